The maximum Gasteiger partial charge on any atom is 1.20 e. The molecule has 0 fully saturated rings. The Bertz CT molecular complexity index is 848. The summed E-state index contributed by atoms with van der Waals surface area (Å²) in [5.41, 5.74) is 0. The zero-order valence-corrected chi connectivity index (χ0v) is 34.1. The molecule has 0 saturated carbocycles. The van der Waals surface area contributed by atoms with Crippen LogP contribution in [-0.2, 0) is 40.1 Å². The van der Waals surface area contributed by atoms with Crippen LogP contribution in [0, 0.1) is 0 Å². The maximum atomic E-state index is 12.6. The second-order valence-corrected chi connectivity index (χ2v) is 15.0. The van der Waals surface area contributed by atoms with Gasteiger partial charge in [-0.05, 0) is 19.3 Å². The number of rotatable bonds is 36. The third-order valence-electron chi connectivity index (χ3n) is 8.66. The molecule has 0 aliphatic rings. The number of hydrogen-bond donors (Lipinski definition) is 3. The van der Waals surface area contributed by atoms with Crippen molar-refractivity contribution in [2.45, 2.75) is 194 Å². The van der Waals surface area contributed by atoms with Gasteiger partial charge in [-0.25, -0.2) is 0 Å². The van der Waals surface area contributed by atoms with Crippen LogP contribution in [0.3, 0.4) is 0 Å². The summed E-state index contributed by atoms with van der Waals surface area (Å²) in [6.45, 7) is 6.62. The summed E-state index contributed by atoms with van der Waals surface area (Å²) >= 11 is -3.60. The average molecular weight is 754 g/mol. The number of unbranched alkanes of at least 4 members (excludes halogenated alkanes) is 18. The molecule has 0 aliphatic heterocycles. The van der Waals surface area contributed by atoms with Gasteiger partial charge in [0.15, 0.2) is 0 Å². The summed E-state index contributed by atoms with van der Waals surface area (Å²) in [6.07, 6.45) is 23.6. The van der Waals surface area contributed by atoms with E-state index in [4.69, 9.17) is 11.4 Å². The Labute approximate surface area is 319 Å². The Hall–Kier alpha value is -2.65. The smallest absolute Gasteiger partial charge is 0.551 e. The maximum absolute atomic E-state index is 12.6. The molecule has 0 spiro atoms. The van der Waals surface area contributed by atoms with Crippen molar-refractivity contribution < 1.29 is 40.1 Å². The Morgan fingerprint density at radius 2 is 0.577 bits per heavy atom. The van der Waals surface area contributed by atoms with Crippen molar-refractivity contribution in [1.82, 2.24) is 16.0 Å². The minimum Gasteiger partial charge on any atom is -0.551 e. The van der Waals surface area contributed by atoms with Gasteiger partial charge < -0.3 is 27.3 Å². The summed E-state index contributed by atoms with van der Waals surface area (Å²) in [4.78, 5) is 74.1. The molecule has 0 bridgehead atoms. The molecule has 3 N–H and O–H groups in total. The van der Waals surface area contributed by atoms with Crippen LogP contribution in [0.15, 0.2) is 0 Å². The highest BCUT2D eigenvalue weighted by atomic mass is 27.3. The molecule has 0 atom stereocenters. The summed E-state index contributed by atoms with van der Waals surface area (Å²) in [5.74, 6) is -2.80. The molecule has 0 heterocycles. The summed E-state index contributed by atoms with van der Waals surface area (Å²) in [6, 6.07) is 0. The fourth-order valence-corrected chi connectivity index (χ4v) is 6.62. The highest BCUT2D eigenvalue weighted by Gasteiger charge is 2.48. The number of carbonyl (C=O) groups is 6. The first-order valence-corrected chi connectivity index (χ1v) is 22.0. The Balaban J connectivity index is 4.67. The molecule has 52 heavy (non-hydrogen) atoms. The van der Waals surface area contributed by atoms with Crippen molar-refractivity contribution in [3.63, 3.8) is 0 Å². The molecule has 0 aromatic carbocycles. The van der Waals surface area contributed by atoms with Gasteiger partial charge >= 0.3 is 15.1 Å². The molecule has 0 aromatic heterocycles. The van der Waals surface area contributed by atoms with E-state index in [0.29, 0.717) is 19.3 Å². The highest BCUT2D eigenvalue weighted by Crippen LogP contribution is 2.10. The Kier molecular flexibility index (Phi) is 34.8. The first-order chi connectivity index (χ1) is 25.2. The van der Waals surface area contributed by atoms with Crippen molar-refractivity contribution in [1.29, 1.82) is 0 Å². The zero-order chi connectivity index (χ0) is 38.5. The zero-order valence-electron chi connectivity index (χ0n) is 33.0. The van der Waals surface area contributed by atoms with E-state index in [0.717, 1.165) is 57.8 Å². The Morgan fingerprint density at radius 3 is 0.827 bits per heavy atom. The summed E-state index contributed by atoms with van der Waals surface area (Å²) in [5, 5.41) is 8.09. The molecule has 0 aromatic rings. The van der Waals surface area contributed by atoms with Gasteiger partial charge in [-0.1, -0.05) is 136 Å². The quantitative estimate of drug-likeness (QED) is 0.0433. The van der Waals surface area contributed by atoms with Crippen molar-refractivity contribution in [2.24, 2.45) is 0 Å². The molecule has 0 rings (SSSR count). The molecule has 0 unspecified atom stereocenters. The highest BCUT2D eigenvalue weighted by molar-refractivity contribution is 6.44. The summed E-state index contributed by atoms with van der Waals surface area (Å²) < 4.78 is 15.8. The molecule has 0 saturated heterocycles. The molecule has 0 radical (unpaired) electrons. The molecule has 300 valence electrons. The van der Waals surface area contributed by atoms with E-state index in [-0.39, 0.29) is 56.6 Å². The first kappa shape index (κ1) is 49.4. The van der Waals surface area contributed by atoms with Crippen LogP contribution in [0.5, 0.6) is 0 Å². The normalized spacial score (nSPS) is 10.7. The lowest BCUT2D eigenvalue weighted by Gasteiger charge is -2.14. The van der Waals surface area contributed by atoms with Crippen LogP contribution < -0.4 is 16.0 Å². The fourth-order valence-electron chi connectivity index (χ4n) is 5.48. The van der Waals surface area contributed by atoms with Crippen LogP contribution in [0.4, 0.5) is 0 Å². The Morgan fingerprint density at radius 1 is 0.346 bits per heavy atom. The van der Waals surface area contributed by atoms with Crippen LogP contribution >= 0.6 is 0 Å². The van der Waals surface area contributed by atoms with Crippen LogP contribution in [-0.4, -0.2) is 70.4 Å². The predicted molar refractivity (Wildman–Crippen MR) is 205 cm³/mol. The minimum absolute atomic E-state index is 0.0344. The molecule has 0 aliphatic carbocycles. The minimum atomic E-state index is -3.60. The van der Waals surface area contributed by atoms with E-state index in [2.05, 4.69) is 36.7 Å². The van der Waals surface area contributed by atoms with E-state index >= 15 is 0 Å². The monoisotopic (exact) mass is 754 g/mol. The predicted octanol–water partition coefficient (Wildman–Crippen LogP) is 7.54. The second kappa shape index (κ2) is 36.7. The van der Waals surface area contributed by atoms with E-state index in [1.54, 1.807) is 0 Å². The third-order valence-corrected chi connectivity index (χ3v) is 10.0. The van der Waals surface area contributed by atoms with E-state index < -0.39 is 33.1 Å². The lowest BCUT2D eigenvalue weighted by Crippen LogP contribution is -2.37. The van der Waals surface area contributed by atoms with Gasteiger partial charge in [0.1, 0.15) is 0 Å². The van der Waals surface area contributed by atoms with Crippen LogP contribution in [0.25, 0.3) is 0 Å². The van der Waals surface area contributed by atoms with E-state index in [9.17, 15) is 28.8 Å². The second-order valence-electron chi connectivity index (χ2n) is 13.7. The number of hydrogen-bond acceptors (Lipinski definition) is 9. The number of carbonyl (C=O) groups excluding carboxylic acids is 6. The van der Waals surface area contributed by atoms with Crippen molar-refractivity contribution in [2.75, 3.05) is 19.6 Å². The number of nitrogens with one attached hydrogen (secondary N) is 3. The van der Waals surface area contributed by atoms with Crippen molar-refractivity contribution in [3.05, 3.63) is 0 Å². The fraction of sp³-hybridized carbons (Fsp3) is 0.846. The topological polar surface area (TPSA) is 166 Å². The van der Waals surface area contributed by atoms with Gasteiger partial charge in [0.05, 0.1) is 19.3 Å². The van der Waals surface area contributed by atoms with Gasteiger partial charge in [0.25, 0.3) is 17.9 Å². The number of amides is 3. The standard InChI is InChI=1S/3C13H25NO3.Al/c3*1-2-3-4-5-6-7-8-9-12(15)14-11-10-13(16)17;/h3*2-11H2,1H3,(H,14,15)(H,16,17);/q;;;+3/p-3. The lowest BCUT2D eigenvalue weighted by atomic mass is 10.1. The largest absolute Gasteiger partial charge is 1.20 e. The van der Waals surface area contributed by atoms with Crippen molar-refractivity contribution in [3.8, 4) is 0 Å². The van der Waals surface area contributed by atoms with E-state index in [1.165, 1.54) is 77.0 Å². The average Bonchev–Trinajstić information content (AvgIpc) is 3.10. The van der Waals surface area contributed by atoms with Gasteiger partial charge in [-0.3, -0.25) is 28.8 Å². The van der Waals surface area contributed by atoms with Crippen LogP contribution in [0.2, 0.25) is 0 Å². The molecular formula is C39H72AlN3O9. The van der Waals surface area contributed by atoms with Gasteiger partial charge in [-0.15, -0.1) is 0 Å². The van der Waals surface area contributed by atoms with E-state index in [1.807, 2.05) is 0 Å². The van der Waals surface area contributed by atoms with Gasteiger partial charge in [0, 0.05) is 38.9 Å². The first-order valence-electron chi connectivity index (χ1n) is 20.6. The lowest BCUT2D eigenvalue weighted by molar-refractivity contribution is -0.147. The van der Waals surface area contributed by atoms with Gasteiger partial charge in [0.2, 0.25) is 17.7 Å². The SMILES string of the molecule is CCCCCCCCCC(=O)NCCC(=O)[O][Al]([O]C(=O)CCNC(=O)CCCCCCCCC)[O]C(=O)CCNC(=O)CCCCCCCCC. The molecule has 12 nitrogen and oxygen atoms in total. The summed E-state index contributed by atoms with van der Waals surface area (Å²) in [7, 11) is 0. The van der Waals surface area contributed by atoms with Crippen LogP contribution in [0.1, 0.15) is 194 Å². The molecular weight excluding hydrogens is 681 g/mol. The molecule has 13 heteroatoms. The van der Waals surface area contributed by atoms with Gasteiger partial charge in [-0.2, -0.15) is 0 Å². The van der Waals surface area contributed by atoms with Crippen molar-refractivity contribution >= 4 is 50.8 Å². The third kappa shape index (κ3) is 34.4. The molecule has 3 amide bonds.